The molecule has 0 saturated carbocycles. The van der Waals surface area contributed by atoms with Gasteiger partial charge in [0, 0.05) is 0 Å². The molecule has 0 amide bonds. The molecule has 31 heavy (non-hydrogen) atoms. The Labute approximate surface area is 187 Å². The molecule has 7 heteroatoms. The molecule has 0 aromatic carbocycles. The van der Waals surface area contributed by atoms with Crippen LogP contribution in [0.2, 0.25) is 0 Å². The Bertz CT molecular complexity index is 487. The summed E-state index contributed by atoms with van der Waals surface area (Å²) in [7, 11) is 0. The van der Waals surface area contributed by atoms with E-state index in [1.165, 1.54) is 51.4 Å². The fraction of sp³-hybridized carbons (Fsp3) is 0.792. The van der Waals surface area contributed by atoms with E-state index < -0.39 is 17.9 Å². The van der Waals surface area contributed by atoms with Crippen molar-refractivity contribution < 1.29 is 34.2 Å². The average molecular weight is 443 g/mol. The largest absolute Gasteiger partial charge is 0.481 e. The first kappa shape index (κ1) is 29.1. The Morgan fingerprint density at radius 2 is 0.968 bits per heavy atom. The molecule has 0 aliphatic carbocycles. The van der Waals surface area contributed by atoms with Gasteiger partial charge < -0.3 is 19.8 Å². The van der Waals surface area contributed by atoms with Crippen LogP contribution in [0.5, 0.6) is 0 Å². The van der Waals surface area contributed by atoms with Crippen LogP contribution in [-0.4, -0.2) is 63.9 Å². The van der Waals surface area contributed by atoms with Gasteiger partial charge in [-0.2, -0.15) is 0 Å². The number of quaternary nitrogens is 1. The zero-order valence-electron chi connectivity index (χ0n) is 19.4. The Kier molecular flexibility index (Phi) is 17.7. The van der Waals surface area contributed by atoms with Crippen molar-refractivity contribution in [3.8, 4) is 0 Å². The van der Waals surface area contributed by atoms with Crippen molar-refractivity contribution in [1.29, 1.82) is 0 Å². The second-order valence-electron chi connectivity index (χ2n) is 8.54. The Morgan fingerprint density at radius 1 is 0.581 bits per heavy atom. The van der Waals surface area contributed by atoms with Gasteiger partial charge in [0.25, 0.3) is 0 Å². The van der Waals surface area contributed by atoms with Crippen LogP contribution in [0.4, 0.5) is 0 Å². The van der Waals surface area contributed by atoms with Gasteiger partial charge in [-0.05, 0) is 32.1 Å². The zero-order valence-corrected chi connectivity index (χ0v) is 19.4. The zero-order chi connectivity index (χ0) is 23.4. The van der Waals surface area contributed by atoms with Gasteiger partial charge in [0.15, 0.2) is 0 Å². The van der Waals surface area contributed by atoms with Crippen LogP contribution in [0.15, 0.2) is 12.2 Å². The SMILES string of the molecule is CCC/C=C/CCCCCCCCCC[N+](CCC(=O)O)(CCC(=O)O)CCC(=O)O. The third-order valence-electron chi connectivity index (χ3n) is 5.78. The first-order chi connectivity index (χ1) is 14.8. The number of hydrogen-bond donors (Lipinski definition) is 3. The third kappa shape index (κ3) is 18.6. The highest BCUT2D eigenvalue weighted by atomic mass is 16.4. The lowest BCUT2D eigenvalue weighted by molar-refractivity contribution is -0.927. The average Bonchev–Trinajstić information content (AvgIpc) is 2.72. The fourth-order valence-corrected chi connectivity index (χ4v) is 3.84. The molecule has 0 bridgehead atoms. The summed E-state index contributed by atoms with van der Waals surface area (Å²) in [6.07, 6.45) is 17.0. The van der Waals surface area contributed by atoms with Gasteiger partial charge in [-0.15, -0.1) is 0 Å². The second-order valence-corrected chi connectivity index (χ2v) is 8.54. The number of carboxylic acids is 3. The first-order valence-electron chi connectivity index (χ1n) is 12.0. The Balaban J connectivity index is 4.27. The van der Waals surface area contributed by atoms with Crippen molar-refractivity contribution in [3.05, 3.63) is 12.2 Å². The van der Waals surface area contributed by atoms with E-state index in [0.717, 1.165) is 19.3 Å². The maximum atomic E-state index is 11.1. The molecule has 0 aliphatic rings. The molecule has 0 aromatic heterocycles. The molecule has 0 spiro atoms. The number of unbranched alkanes of at least 4 members (excludes halogenated alkanes) is 9. The van der Waals surface area contributed by atoms with Crippen molar-refractivity contribution in [1.82, 2.24) is 0 Å². The minimum atomic E-state index is -0.936. The standard InChI is InChI=1S/C24H43NO6/c1-2-3-4-5-6-7-8-9-10-11-12-13-14-18-25(19-15-22(26)27,20-16-23(28)29)21-17-24(30)31/h4-5H,2-3,6-21H2,1H3,(H2-,26,27,28,29,30,31)/p+1/b5-4+. The summed E-state index contributed by atoms with van der Waals surface area (Å²) in [6, 6.07) is 0. The molecule has 0 saturated heterocycles. The summed E-state index contributed by atoms with van der Waals surface area (Å²) in [5.74, 6) is -2.81. The number of carbonyl (C=O) groups is 3. The van der Waals surface area contributed by atoms with E-state index >= 15 is 0 Å². The molecule has 0 aliphatic heterocycles. The van der Waals surface area contributed by atoms with E-state index in [-0.39, 0.29) is 43.4 Å². The molecule has 0 atom stereocenters. The monoisotopic (exact) mass is 442 g/mol. The predicted molar refractivity (Wildman–Crippen MR) is 122 cm³/mol. The maximum absolute atomic E-state index is 11.1. The number of hydrogen-bond acceptors (Lipinski definition) is 3. The van der Waals surface area contributed by atoms with Crippen LogP contribution in [0.1, 0.15) is 96.8 Å². The van der Waals surface area contributed by atoms with Crippen LogP contribution >= 0.6 is 0 Å². The number of aliphatic carboxylic acids is 3. The number of nitrogens with zero attached hydrogens (tertiary/aromatic N) is 1. The van der Waals surface area contributed by atoms with Crippen molar-refractivity contribution in [2.45, 2.75) is 96.8 Å². The molecular weight excluding hydrogens is 398 g/mol. The molecule has 0 heterocycles. The predicted octanol–water partition coefficient (Wildman–Crippen LogP) is 5.09. The maximum Gasteiger partial charge on any atom is 0.309 e. The van der Waals surface area contributed by atoms with E-state index in [9.17, 15) is 14.4 Å². The van der Waals surface area contributed by atoms with E-state index in [1.54, 1.807) is 0 Å². The molecule has 3 N–H and O–H groups in total. The first-order valence-corrected chi connectivity index (χ1v) is 12.0. The topological polar surface area (TPSA) is 112 Å². The lowest BCUT2D eigenvalue weighted by Gasteiger charge is -2.38. The summed E-state index contributed by atoms with van der Waals surface area (Å²) in [5.41, 5.74) is 0. The minimum Gasteiger partial charge on any atom is -0.481 e. The van der Waals surface area contributed by atoms with Gasteiger partial charge in [-0.1, -0.05) is 57.6 Å². The molecule has 0 aromatic rings. The lowest BCUT2D eigenvalue weighted by Crippen LogP contribution is -2.52. The lowest BCUT2D eigenvalue weighted by atomic mass is 10.1. The Hall–Kier alpha value is -1.89. The normalized spacial score (nSPS) is 11.8. The number of rotatable bonds is 22. The Morgan fingerprint density at radius 3 is 1.39 bits per heavy atom. The number of carboxylic acid groups (broad SMARTS) is 3. The van der Waals surface area contributed by atoms with Gasteiger partial charge in [-0.3, -0.25) is 14.4 Å². The smallest absolute Gasteiger partial charge is 0.309 e. The van der Waals surface area contributed by atoms with Crippen LogP contribution in [0.25, 0.3) is 0 Å². The van der Waals surface area contributed by atoms with E-state index in [0.29, 0.717) is 6.54 Å². The quantitative estimate of drug-likeness (QED) is 0.122. The van der Waals surface area contributed by atoms with Crippen LogP contribution in [0, 0.1) is 0 Å². The van der Waals surface area contributed by atoms with E-state index in [1.807, 2.05) is 0 Å². The molecule has 0 rings (SSSR count). The summed E-state index contributed by atoms with van der Waals surface area (Å²) in [6.45, 7) is 3.66. The minimum absolute atomic E-state index is 0.0765. The molecule has 0 fully saturated rings. The highest BCUT2D eigenvalue weighted by molar-refractivity contribution is 5.67. The van der Waals surface area contributed by atoms with Crippen molar-refractivity contribution in [2.24, 2.45) is 0 Å². The van der Waals surface area contributed by atoms with Gasteiger partial charge in [-0.25, -0.2) is 0 Å². The van der Waals surface area contributed by atoms with Gasteiger partial charge in [0.1, 0.15) is 0 Å². The van der Waals surface area contributed by atoms with Gasteiger partial charge in [0.2, 0.25) is 0 Å². The van der Waals surface area contributed by atoms with Crippen molar-refractivity contribution >= 4 is 17.9 Å². The van der Waals surface area contributed by atoms with Crippen LogP contribution in [-0.2, 0) is 14.4 Å². The summed E-state index contributed by atoms with van der Waals surface area (Å²) in [5, 5.41) is 27.2. The van der Waals surface area contributed by atoms with Gasteiger partial charge >= 0.3 is 17.9 Å². The fourth-order valence-electron chi connectivity index (χ4n) is 3.84. The summed E-state index contributed by atoms with van der Waals surface area (Å²) in [4.78, 5) is 33.2. The second kappa shape index (κ2) is 18.8. The molecular formula is C24H44NO6+. The van der Waals surface area contributed by atoms with Crippen LogP contribution < -0.4 is 0 Å². The van der Waals surface area contributed by atoms with E-state index in [4.69, 9.17) is 15.3 Å². The van der Waals surface area contributed by atoms with Crippen molar-refractivity contribution in [3.63, 3.8) is 0 Å². The highest BCUT2D eigenvalue weighted by Gasteiger charge is 2.29. The summed E-state index contributed by atoms with van der Waals surface area (Å²) >= 11 is 0. The third-order valence-corrected chi connectivity index (χ3v) is 5.78. The summed E-state index contributed by atoms with van der Waals surface area (Å²) < 4.78 is 0.260. The molecule has 7 nitrogen and oxygen atoms in total. The van der Waals surface area contributed by atoms with Crippen LogP contribution in [0.3, 0.4) is 0 Å². The van der Waals surface area contributed by atoms with Gasteiger partial charge in [0.05, 0.1) is 45.4 Å². The molecule has 0 unspecified atom stereocenters. The van der Waals surface area contributed by atoms with Crippen molar-refractivity contribution in [2.75, 3.05) is 26.2 Å². The number of allylic oxidation sites excluding steroid dienone is 2. The molecule has 0 radical (unpaired) electrons. The highest BCUT2D eigenvalue weighted by Crippen LogP contribution is 2.17. The molecule has 180 valence electrons. The van der Waals surface area contributed by atoms with E-state index in [2.05, 4.69) is 19.1 Å².